The maximum atomic E-state index is 5.67. The van der Waals surface area contributed by atoms with Crippen LogP contribution in [-0.4, -0.2) is 7.11 Å². The molecule has 0 saturated heterocycles. The van der Waals surface area contributed by atoms with Gasteiger partial charge in [-0.15, -0.1) is 0 Å². The zero-order valence-electron chi connectivity index (χ0n) is 10.6. The van der Waals surface area contributed by atoms with E-state index in [0.29, 0.717) is 13.2 Å². The Morgan fingerprint density at radius 3 is 2.39 bits per heavy atom. The van der Waals surface area contributed by atoms with Crippen molar-refractivity contribution in [1.82, 2.24) is 0 Å². The fourth-order valence-corrected chi connectivity index (χ4v) is 1.66. The van der Waals surface area contributed by atoms with Gasteiger partial charge < -0.3 is 19.6 Å². The second-order valence-electron chi connectivity index (χ2n) is 3.96. The van der Waals surface area contributed by atoms with E-state index in [2.05, 4.69) is 0 Å². The van der Waals surface area contributed by atoms with Crippen LogP contribution >= 0.6 is 0 Å². The maximum absolute atomic E-state index is 5.67. The molecule has 0 aliphatic heterocycles. The Balaban J connectivity index is 1.99. The number of furan rings is 1. The minimum absolute atomic E-state index is 0.406. The molecule has 0 spiro atoms. The molecule has 0 unspecified atom stereocenters. The van der Waals surface area contributed by atoms with Crippen LogP contribution in [-0.2, 0) is 13.2 Å². The minimum atomic E-state index is 0.406. The smallest absolute Gasteiger partial charge is 0.120 e. The van der Waals surface area contributed by atoms with Crippen molar-refractivity contribution in [3.05, 3.63) is 47.4 Å². The van der Waals surface area contributed by atoms with E-state index in [1.807, 2.05) is 37.3 Å². The molecule has 0 aliphatic rings. The van der Waals surface area contributed by atoms with Crippen LogP contribution in [0.1, 0.15) is 17.1 Å². The molecule has 2 aromatic rings. The number of hydrogen-bond acceptors (Lipinski definition) is 4. The Bertz CT molecular complexity index is 502. The first-order valence-electron chi connectivity index (χ1n) is 5.78. The summed E-state index contributed by atoms with van der Waals surface area (Å²) in [5.41, 5.74) is 6.54. The molecule has 0 fully saturated rings. The van der Waals surface area contributed by atoms with E-state index < -0.39 is 0 Å². The minimum Gasteiger partial charge on any atom is -0.497 e. The molecule has 0 bridgehead atoms. The van der Waals surface area contributed by atoms with E-state index >= 15 is 0 Å². The van der Waals surface area contributed by atoms with Crippen LogP contribution in [0.4, 0.5) is 0 Å². The average molecular weight is 247 g/mol. The number of rotatable bonds is 5. The van der Waals surface area contributed by atoms with Gasteiger partial charge in [0.05, 0.1) is 13.7 Å². The second-order valence-corrected chi connectivity index (χ2v) is 3.96. The first-order chi connectivity index (χ1) is 8.72. The Morgan fingerprint density at radius 1 is 1.17 bits per heavy atom. The van der Waals surface area contributed by atoms with Crippen molar-refractivity contribution in [3.63, 3.8) is 0 Å². The highest BCUT2D eigenvalue weighted by Gasteiger charge is 2.07. The summed E-state index contributed by atoms with van der Waals surface area (Å²) < 4.78 is 16.2. The largest absolute Gasteiger partial charge is 0.497 e. The van der Waals surface area contributed by atoms with E-state index in [4.69, 9.17) is 19.6 Å². The molecule has 1 aromatic heterocycles. The van der Waals surface area contributed by atoms with Crippen molar-refractivity contribution < 1.29 is 13.9 Å². The lowest BCUT2D eigenvalue weighted by Crippen LogP contribution is -1.96. The zero-order valence-corrected chi connectivity index (χ0v) is 10.6. The summed E-state index contributed by atoms with van der Waals surface area (Å²) in [7, 11) is 1.64. The van der Waals surface area contributed by atoms with Gasteiger partial charge in [0.15, 0.2) is 0 Å². The van der Waals surface area contributed by atoms with Gasteiger partial charge in [0.25, 0.3) is 0 Å². The summed E-state index contributed by atoms with van der Waals surface area (Å²) in [6.45, 7) is 2.79. The first-order valence-corrected chi connectivity index (χ1v) is 5.78. The molecule has 0 aliphatic carbocycles. The summed E-state index contributed by atoms with van der Waals surface area (Å²) in [5.74, 6) is 3.24. The van der Waals surface area contributed by atoms with Crippen molar-refractivity contribution in [2.24, 2.45) is 5.73 Å². The predicted octanol–water partition coefficient (Wildman–Crippen LogP) is 2.63. The number of aryl methyl sites for hydroxylation is 1. The fraction of sp³-hybridized carbons (Fsp3) is 0.286. The molecule has 0 atom stereocenters. The molecule has 4 nitrogen and oxygen atoms in total. The van der Waals surface area contributed by atoms with E-state index in [-0.39, 0.29) is 0 Å². The van der Waals surface area contributed by atoms with Crippen molar-refractivity contribution in [2.75, 3.05) is 7.11 Å². The molecule has 4 heteroatoms. The number of nitrogens with two attached hydrogens (primary N) is 1. The van der Waals surface area contributed by atoms with Crippen LogP contribution in [0.3, 0.4) is 0 Å². The van der Waals surface area contributed by atoms with Crippen molar-refractivity contribution in [3.8, 4) is 11.5 Å². The molecule has 0 saturated carbocycles. The van der Waals surface area contributed by atoms with Gasteiger partial charge in [0.2, 0.25) is 0 Å². The first kappa shape index (κ1) is 12.5. The standard InChI is InChI=1S/C14H17NO3/c1-10-11(7-14(8-15)18-10)9-17-13-5-3-12(16-2)4-6-13/h3-7H,8-9,15H2,1-2H3. The zero-order chi connectivity index (χ0) is 13.0. The average Bonchev–Trinajstić information content (AvgIpc) is 2.77. The monoisotopic (exact) mass is 247 g/mol. The molecular formula is C14H17NO3. The molecule has 18 heavy (non-hydrogen) atoms. The van der Waals surface area contributed by atoms with Crippen molar-refractivity contribution >= 4 is 0 Å². The molecule has 0 radical (unpaired) electrons. The number of benzene rings is 1. The number of methoxy groups -OCH3 is 1. The highest BCUT2D eigenvalue weighted by Crippen LogP contribution is 2.20. The van der Waals surface area contributed by atoms with E-state index in [1.54, 1.807) is 7.11 Å². The van der Waals surface area contributed by atoms with Crippen molar-refractivity contribution in [1.29, 1.82) is 0 Å². The summed E-state index contributed by atoms with van der Waals surface area (Å²) in [6, 6.07) is 9.40. The summed E-state index contributed by atoms with van der Waals surface area (Å²) in [6.07, 6.45) is 0. The van der Waals surface area contributed by atoms with Crippen molar-refractivity contribution in [2.45, 2.75) is 20.1 Å². The van der Waals surface area contributed by atoms with E-state index in [1.165, 1.54) is 0 Å². The molecule has 0 amide bonds. The van der Waals surface area contributed by atoms with Gasteiger partial charge in [-0.05, 0) is 37.3 Å². The molecule has 1 heterocycles. The van der Waals surface area contributed by atoms with Gasteiger partial charge in [0, 0.05) is 5.56 Å². The van der Waals surface area contributed by atoms with Crippen LogP contribution in [0.25, 0.3) is 0 Å². The quantitative estimate of drug-likeness (QED) is 0.882. The second kappa shape index (κ2) is 5.60. The molecule has 2 N–H and O–H groups in total. The van der Waals surface area contributed by atoms with Gasteiger partial charge in [-0.3, -0.25) is 0 Å². The third kappa shape index (κ3) is 2.84. The van der Waals surface area contributed by atoms with Crippen LogP contribution in [0.2, 0.25) is 0 Å². The lowest BCUT2D eigenvalue weighted by atomic mass is 10.2. The predicted molar refractivity (Wildman–Crippen MR) is 68.7 cm³/mol. The molecule has 2 rings (SSSR count). The normalized spacial score (nSPS) is 10.4. The highest BCUT2D eigenvalue weighted by molar-refractivity contribution is 5.31. The Morgan fingerprint density at radius 2 is 1.83 bits per heavy atom. The topological polar surface area (TPSA) is 57.6 Å². The van der Waals surface area contributed by atoms with E-state index in [9.17, 15) is 0 Å². The van der Waals surface area contributed by atoms with Gasteiger partial charge >= 0.3 is 0 Å². The summed E-state index contributed by atoms with van der Waals surface area (Å²) in [5, 5.41) is 0. The van der Waals surface area contributed by atoms with Gasteiger partial charge in [0.1, 0.15) is 29.6 Å². The van der Waals surface area contributed by atoms with Crippen LogP contribution < -0.4 is 15.2 Å². The Hall–Kier alpha value is -1.94. The number of hydrogen-bond donors (Lipinski definition) is 1. The van der Waals surface area contributed by atoms with Gasteiger partial charge in [-0.2, -0.15) is 0 Å². The van der Waals surface area contributed by atoms with Crippen LogP contribution in [0.15, 0.2) is 34.7 Å². The molecule has 96 valence electrons. The highest BCUT2D eigenvalue weighted by atomic mass is 16.5. The SMILES string of the molecule is COc1ccc(OCc2cc(CN)oc2C)cc1. The fourth-order valence-electron chi connectivity index (χ4n) is 1.66. The number of ether oxygens (including phenoxy) is 2. The third-order valence-electron chi connectivity index (χ3n) is 2.73. The Kier molecular flexibility index (Phi) is 3.89. The summed E-state index contributed by atoms with van der Waals surface area (Å²) in [4.78, 5) is 0. The lowest BCUT2D eigenvalue weighted by molar-refractivity contribution is 0.302. The molecular weight excluding hydrogens is 230 g/mol. The third-order valence-corrected chi connectivity index (χ3v) is 2.73. The Labute approximate surface area is 106 Å². The van der Waals surface area contributed by atoms with E-state index in [0.717, 1.165) is 28.6 Å². The molecule has 1 aromatic carbocycles. The van der Waals surface area contributed by atoms with Gasteiger partial charge in [-0.25, -0.2) is 0 Å². The summed E-state index contributed by atoms with van der Waals surface area (Å²) >= 11 is 0. The van der Waals surface area contributed by atoms with Crippen LogP contribution in [0, 0.1) is 6.92 Å². The van der Waals surface area contributed by atoms with Gasteiger partial charge in [-0.1, -0.05) is 0 Å². The maximum Gasteiger partial charge on any atom is 0.120 e. The van der Waals surface area contributed by atoms with Crippen LogP contribution in [0.5, 0.6) is 11.5 Å². The lowest BCUT2D eigenvalue weighted by Gasteiger charge is -2.06.